The Bertz CT molecular complexity index is 892. The van der Waals surface area contributed by atoms with Crippen LogP contribution in [0, 0.1) is 0 Å². The monoisotopic (exact) mass is 420 g/mol. The third kappa shape index (κ3) is 4.29. The van der Waals surface area contributed by atoms with Gasteiger partial charge in [-0.2, -0.15) is 0 Å². The number of carbonyl (C=O) groups excluding carboxylic acids is 4. The van der Waals surface area contributed by atoms with Crippen molar-refractivity contribution in [1.29, 1.82) is 0 Å². The molecule has 2 aromatic rings. The summed E-state index contributed by atoms with van der Waals surface area (Å²) in [4.78, 5) is 46.7. The molecule has 136 valence electrons. The van der Waals surface area contributed by atoms with Crippen molar-refractivity contribution in [2.45, 2.75) is 25.4 Å². The van der Waals surface area contributed by atoms with Gasteiger partial charge in [0.25, 0.3) is 0 Å². The number of hydrogen-bond donors (Lipinski definition) is 3. The summed E-state index contributed by atoms with van der Waals surface area (Å²) in [6, 6.07) is 6.94. The standard InChI is InChI=1S/C17H17BrN4O4/c18-11-2-1-10-5-6-22(13(10)7-11)9-16(25)19-8-15(24)20-12-3-4-14(23)21-17(12)26/h1-2,5-7,12H,3-4,8-9H2,(H,19,25)(H,20,24)(H,21,23,26)/t12-/m0/s1. The average Bonchev–Trinajstić information content (AvgIpc) is 2.98. The zero-order chi connectivity index (χ0) is 18.7. The Morgan fingerprint density at radius 2 is 2.04 bits per heavy atom. The van der Waals surface area contributed by atoms with Crippen molar-refractivity contribution in [2.75, 3.05) is 6.54 Å². The van der Waals surface area contributed by atoms with Gasteiger partial charge in [0.1, 0.15) is 12.6 Å². The number of carbonyl (C=O) groups is 4. The molecule has 0 bridgehead atoms. The highest BCUT2D eigenvalue weighted by atomic mass is 79.9. The first-order valence-corrected chi connectivity index (χ1v) is 8.86. The summed E-state index contributed by atoms with van der Waals surface area (Å²) in [6.07, 6.45) is 2.24. The van der Waals surface area contributed by atoms with Crippen molar-refractivity contribution in [3.05, 3.63) is 34.9 Å². The number of rotatable bonds is 5. The molecule has 1 aliphatic rings. The highest BCUT2D eigenvalue weighted by molar-refractivity contribution is 9.10. The van der Waals surface area contributed by atoms with Crippen molar-refractivity contribution in [2.24, 2.45) is 0 Å². The van der Waals surface area contributed by atoms with E-state index < -0.39 is 17.9 Å². The number of fused-ring (bicyclic) bond motifs is 1. The molecule has 3 N–H and O–H groups in total. The normalized spacial score (nSPS) is 17.0. The average molecular weight is 421 g/mol. The summed E-state index contributed by atoms with van der Waals surface area (Å²) < 4.78 is 2.70. The van der Waals surface area contributed by atoms with Crippen LogP contribution in [0.15, 0.2) is 34.9 Å². The lowest BCUT2D eigenvalue weighted by atomic mass is 10.1. The first-order chi connectivity index (χ1) is 12.4. The molecular formula is C17H17BrN4O4. The molecule has 1 fully saturated rings. The molecule has 0 saturated carbocycles. The van der Waals surface area contributed by atoms with E-state index in [1.807, 2.05) is 24.3 Å². The van der Waals surface area contributed by atoms with Gasteiger partial charge >= 0.3 is 0 Å². The summed E-state index contributed by atoms with van der Waals surface area (Å²) in [5.74, 6) is -1.67. The minimum Gasteiger partial charge on any atom is -0.345 e. The van der Waals surface area contributed by atoms with Gasteiger partial charge in [-0.15, -0.1) is 0 Å². The van der Waals surface area contributed by atoms with Crippen LogP contribution in [-0.2, 0) is 25.7 Å². The van der Waals surface area contributed by atoms with Crippen LogP contribution in [0.3, 0.4) is 0 Å². The highest BCUT2D eigenvalue weighted by Gasteiger charge is 2.27. The van der Waals surface area contributed by atoms with Gasteiger partial charge in [0.2, 0.25) is 23.6 Å². The van der Waals surface area contributed by atoms with Crippen LogP contribution < -0.4 is 16.0 Å². The second kappa shape index (κ2) is 7.69. The number of hydrogen-bond acceptors (Lipinski definition) is 4. The fourth-order valence-corrected chi connectivity index (χ4v) is 3.11. The third-order valence-corrected chi connectivity index (χ3v) is 4.56. The molecular weight excluding hydrogens is 404 g/mol. The lowest BCUT2D eigenvalue weighted by Gasteiger charge is -2.21. The maximum absolute atomic E-state index is 12.1. The first kappa shape index (κ1) is 18.1. The van der Waals surface area contributed by atoms with E-state index in [1.54, 1.807) is 10.8 Å². The van der Waals surface area contributed by atoms with Crippen molar-refractivity contribution >= 4 is 50.5 Å². The maximum Gasteiger partial charge on any atom is 0.249 e. The largest absolute Gasteiger partial charge is 0.345 e. The summed E-state index contributed by atoms with van der Waals surface area (Å²) >= 11 is 3.40. The van der Waals surface area contributed by atoms with Crippen molar-refractivity contribution in [1.82, 2.24) is 20.5 Å². The van der Waals surface area contributed by atoms with Crippen LogP contribution in [0.25, 0.3) is 10.9 Å². The zero-order valence-corrected chi connectivity index (χ0v) is 15.3. The van der Waals surface area contributed by atoms with Gasteiger partial charge in [-0.1, -0.05) is 22.0 Å². The van der Waals surface area contributed by atoms with Gasteiger partial charge in [0.15, 0.2) is 0 Å². The topological polar surface area (TPSA) is 109 Å². The maximum atomic E-state index is 12.1. The van der Waals surface area contributed by atoms with Crippen LogP contribution in [-0.4, -0.2) is 40.8 Å². The summed E-state index contributed by atoms with van der Waals surface area (Å²) in [5, 5.41) is 8.22. The molecule has 9 heteroatoms. The van der Waals surface area contributed by atoms with Crippen LogP contribution in [0.1, 0.15) is 12.8 Å². The molecule has 3 rings (SSSR count). The number of imide groups is 1. The fourth-order valence-electron chi connectivity index (χ4n) is 2.76. The van der Waals surface area contributed by atoms with Crippen LogP contribution in [0.2, 0.25) is 0 Å². The van der Waals surface area contributed by atoms with E-state index in [9.17, 15) is 19.2 Å². The Hall–Kier alpha value is -2.68. The quantitative estimate of drug-likeness (QED) is 0.609. The summed E-state index contributed by atoms with van der Waals surface area (Å²) in [7, 11) is 0. The molecule has 1 saturated heterocycles. The lowest BCUT2D eigenvalue weighted by molar-refractivity contribution is -0.137. The second-order valence-corrected chi connectivity index (χ2v) is 6.91. The van der Waals surface area contributed by atoms with Crippen LogP contribution in [0.5, 0.6) is 0 Å². The molecule has 1 aliphatic heterocycles. The Morgan fingerprint density at radius 3 is 2.81 bits per heavy atom. The molecule has 26 heavy (non-hydrogen) atoms. The molecule has 4 amide bonds. The molecule has 0 unspecified atom stereocenters. The number of nitrogens with one attached hydrogen (secondary N) is 3. The predicted molar refractivity (Wildman–Crippen MR) is 97.0 cm³/mol. The number of aromatic nitrogens is 1. The number of benzene rings is 1. The molecule has 1 aromatic carbocycles. The van der Waals surface area contributed by atoms with E-state index in [4.69, 9.17) is 0 Å². The predicted octanol–water partition coefficient (Wildman–Crippen LogP) is 0.441. The van der Waals surface area contributed by atoms with Gasteiger partial charge in [0, 0.05) is 22.6 Å². The van der Waals surface area contributed by atoms with E-state index >= 15 is 0 Å². The Labute approximate surface area is 157 Å². The number of halogens is 1. The summed E-state index contributed by atoms with van der Waals surface area (Å²) in [5.41, 5.74) is 0.905. The van der Waals surface area contributed by atoms with Crippen LogP contribution in [0.4, 0.5) is 0 Å². The third-order valence-electron chi connectivity index (χ3n) is 4.07. The van der Waals surface area contributed by atoms with E-state index in [0.717, 1.165) is 15.4 Å². The van der Waals surface area contributed by atoms with Crippen LogP contribution >= 0.6 is 15.9 Å². The van der Waals surface area contributed by atoms with E-state index in [2.05, 4.69) is 31.9 Å². The second-order valence-electron chi connectivity index (χ2n) is 5.99. The highest BCUT2D eigenvalue weighted by Crippen LogP contribution is 2.20. The molecule has 1 atom stereocenters. The summed E-state index contributed by atoms with van der Waals surface area (Å²) in [6.45, 7) is -0.162. The van der Waals surface area contributed by atoms with E-state index in [0.29, 0.717) is 0 Å². The van der Waals surface area contributed by atoms with Crippen molar-refractivity contribution in [3.8, 4) is 0 Å². The van der Waals surface area contributed by atoms with E-state index in [-0.39, 0.29) is 37.7 Å². The smallest absolute Gasteiger partial charge is 0.249 e. The van der Waals surface area contributed by atoms with Gasteiger partial charge in [-0.05, 0) is 30.0 Å². The van der Waals surface area contributed by atoms with Crippen molar-refractivity contribution < 1.29 is 19.2 Å². The first-order valence-electron chi connectivity index (χ1n) is 8.06. The van der Waals surface area contributed by atoms with Crippen molar-refractivity contribution in [3.63, 3.8) is 0 Å². The minimum absolute atomic E-state index is 0.0750. The Balaban J connectivity index is 1.50. The minimum atomic E-state index is -0.747. The SMILES string of the molecule is O=C(Cn1ccc2ccc(Br)cc21)NCC(=O)N[C@H]1CCC(=O)NC1=O. The van der Waals surface area contributed by atoms with E-state index in [1.165, 1.54) is 0 Å². The molecule has 2 heterocycles. The molecule has 8 nitrogen and oxygen atoms in total. The molecule has 0 spiro atoms. The number of nitrogens with zero attached hydrogens (tertiary/aromatic N) is 1. The Morgan fingerprint density at radius 1 is 1.23 bits per heavy atom. The Kier molecular flexibility index (Phi) is 5.36. The molecule has 0 radical (unpaired) electrons. The molecule has 0 aliphatic carbocycles. The molecule has 1 aromatic heterocycles. The zero-order valence-electron chi connectivity index (χ0n) is 13.8. The number of amides is 4. The lowest BCUT2D eigenvalue weighted by Crippen LogP contribution is -2.53. The van der Waals surface area contributed by atoms with Gasteiger partial charge < -0.3 is 15.2 Å². The van der Waals surface area contributed by atoms with Gasteiger partial charge in [-0.3, -0.25) is 24.5 Å². The van der Waals surface area contributed by atoms with Gasteiger partial charge in [0.05, 0.1) is 6.54 Å². The van der Waals surface area contributed by atoms with Gasteiger partial charge in [-0.25, -0.2) is 0 Å². The fraction of sp³-hybridized carbons (Fsp3) is 0.294. The number of piperidine rings is 1.